The average Bonchev–Trinajstić information content (AvgIpc) is 2.50. The van der Waals surface area contributed by atoms with Crippen molar-refractivity contribution in [3.8, 4) is 0 Å². The smallest absolute Gasteiger partial charge is 0.0581 e. The van der Waals surface area contributed by atoms with Crippen molar-refractivity contribution < 1.29 is 0 Å². The van der Waals surface area contributed by atoms with Crippen molar-refractivity contribution in [2.45, 2.75) is 20.8 Å². The van der Waals surface area contributed by atoms with Gasteiger partial charge in [-0.2, -0.15) is 0 Å². The summed E-state index contributed by atoms with van der Waals surface area (Å²) >= 11 is 0. The predicted molar refractivity (Wildman–Crippen MR) is 60.2 cm³/mol. The molecule has 0 aromatic carbocycles. The number of rotatable bonds is 2. The van der Waals surface area contributed by atoms with Gasteiger partial charge in [-0.3, -0.25) is 9.89 Å². The molecule has 1 heterocycles. The summed E-state index contributed by atoms with van der Waals surface area (Å²) in [5, 5.41) is 0. The third-order valence-corrected chi connectivity index (χ3v) is 1.79. The minimum absolute atomic E-state index is 0.934. The first-order chi connectivity index (χ1) is 6.27. The number of allylic oxidation sites excluding steroid dienone is 1. The molecule has 1 aliphatic rings. The van der Waals surface area contributed by atoms with Gasteiger partial charge in [0.2, 0.25) is 0 Å². The lowest BCUT2D eigenvalue weighted by atomic mass is 10.2. The zero-order valence-electron chi connectivity index (χ0n) is 9.17. The Bertz CT molecular complexity index is 214. The number of hydrogen-bond donors (Lipinski definition) is 0. The van der Waals surface area contributed by atoms with Crippen LogP contribution in [0.4, 0.5) is 0 Å². The van der Waals surface area contributed by atoms with Gasteiger partial charge in [0.05, 0.1) is 5.70 Å². The van der Waals surface area contributed by atoms with Gasteiger partial charge in [-0.05, 0) is 26.3 Å². The van der Waals surface area contributed by atoms with E-state index in [-0.39, 0.29) is 0 Å². The third kappa shape index (κ3) is 3.55. The fourth-order valence-corrected chi connectivity index (χ4v) is 1.30. The van der Waals surface area contributed by atoms with E-state index in [1.54, 1.807) is 0 Å². The molecular formula is C11H20N2. The van der Waals surface area contributed by atoms with Gasteiger partial charge in [-0.1, -0.05) is 26.0 Å². The Morgan fingerprint density at radius 2 is 2.00 bits per heavy atom. The highest BCUT2D eigenvalue weighted by Gasteiger charge is 2.14. The van der Waals surface area contributed by atoms with E-state index in [4.69, 9.17) is 0 Å². The molecule has 0 N–H and O–H groups in total. The molecule has 2 heteroatoms. The van der Waals surface area contributed by atoms with E-state index >= 15 is 0 Å². The first-order valence-electron chi connectivity index (χ1n) is 4.78. The second-order valence-corrected chi connectivity index (χ2v) is 2.80. The Balaban J connectivity index is 0.000000671. The summed E-state index contributed by atoms with van der Waals surface area (Å²) in [6.07, 6.45) is 4.15. The molecule has 0 fully saturated rings. The predicted octanol–water partition coefficient (Wildman–Crippen LogP) is 2.49. The molecule has 1 rings (SSSR count). The Labute approximate surface area is 81.7 Å². The highest BCUT2D eigenvalue weighted by atomic mass is 15.1. The van der Waals surface area contributed by atoms with Crippen molar-refractivity contribution in [3.05, 3.63) is 23.4 Å². The topological polar surface area (TPSA) is 15.6 Å². The maximum atomic E-state index is 3.97. The third-order valence-electron chi connectivity index (χ3n) is 1.79. The summed E-state index contributed by atoms with van der Waals surface area (Å²) in [6.45, 7) is 11.5. The second kappa shape index (κ2) is 6.61. The Morgan fingerprint density at radius 3 is 2.46 bits per heavy atom. The van der Waals surface area contributed by atoms with E-state index in [1.165, 1.54) is 5.57 Å². The molecule has 0 saturated carbocycles. The molecule has 0 atom stereocenters. The number of likely N-dealkylation sites (N-methyl/N-ethyl adjacent to an activating group) is 1. The van der Waals surface area contributed by atoms with Crippen LogP contribution in [0.1, 0.15) is 20.8 Å². The molecular weight excluding hydrogens is 160 g/mol. The highest BCUT2D eigenvalue weighted by Crippen LogP contribution is 2.17. The molecule has 0 aliphatic carbocycles. The minimum atomic E-state index is 0.934. The van der Waals surface area contributed by atoms with E-state index in [9.17, 15) is 0 Å². The molecule has 0 unspecified atom stereocenters. The number of nitrogens with zero attached hydrogens (tertiary/aromatic N) is 2. The summed E-state index contributed by atoms with van der Waals surface area (Å²) in [5.74, 6) is 0. The van der Waals surface area contributed by atoms with Crippen LogP contribution in [0.5, 0.6) is 0 Å². The molecule has 13 heavy (non-hydrogen) atoms. The molecule has 0 spiro atoms. The Kier molecular flexibility index (Phi) is 6.15. The minimum Gasteiger partial charge on any atom is -0.296 e. The van der Waals surface area contributed by atoms with Crippen LogP contribution in [-0.4, -0.2) is 31.8 Å². The van der Waals surface area contributed by atoms with Gasteiger partial charge in [-0.15, -0.1) is 0 Å². The summed E-state index contributed by atoms with van der Waals surface area (Å²) in [6, 6.07) is 0. The van der Waals surface area contributed by atoms with Crippen LogP contribution in [0.3, 0.4) is 0 Å². The van der Waals surface area contributed by atoms with Crippen molar-refractivity contribution in [1.29, 1.82) is 0 Å². The Morgan fingerprint density at radius 1 is 1.38 bits per heavy atom. The largest absolute Gasteiger partial charge is 0.296 e. The van der Waals surface area contributed by atoms with Crippen LogP contribution in [0.25, 0.3) is 0 Å². The zero-order valence-corrected chi connectivity index (χ0v) is 9.17. The van der Waals surface area contributed by atoms with E-state index in [2.05, 4.69) is 29.7 Å². The SMILES string of the molecule is C=NC1=C(/C=C\C)CN(C)C1.CC. The van der Waals surface area contributed by atoms with Crippen LogP contribution >= 0.6 is 0 Å². The van der Waals surface area contributed by atoms with E-state index in [1.807, 2.05) is 26.8 Å². The molecule has 0 amide bonds. The van der Waals surface area contributed by atoms with Crippen LogP contribution in [-0.2, 0) is 0 Å². The second-order valence-electron chi connectivity index (χ2n) is 2.80. The van der Waals surface area contributed by atoms with Gasteiger partial charge in [0.1, 0.15) is 0 Å². The fourth-order valence-electron chi connectivity index (χ4n) is 1.30. The number of hydrogen-bond acceptors (Lipinski definition) is 2. The van der Waals surface area contributed by atoms with Crippen LogP contribution < -0.4 is 0 Å². The summed E-state index contributed by atoms with van der Waals surface area (Å²) in [5.41, 5.74) is 2.41. The van der Waals surface area contributed by atoms with Gasteiger partial charge >= 0.3 is 0 Å². The molecule has 2 nitrogen and oxygen atoms in total. The normalized spacial score (nSPS) is 17.5. The standard InChI is InChI=1S/C9H14N2.C2H6/c1-4-5-8-6-11(3)7-9(8)10-2;1-2/h4-5H,2,6-7H2,1,3H3;1-2H3/b5-4-;. The van der Waals surface area contributed by atoms with E-state index < -0.39 is 0 Å². The quantitative estimate of drug-likeness (QED) is 0.596. The molecule has 74 valence electrons. The maximum absolute atomic E-state index is 3.97. The average molecular weight is 180 g/mol. The molecule has 0 aromatic rings. The summed E-state index contributed by atoms with van der Waals surface area (Å²) < 4.78 is 0. The van der Waals surface area contributed by atoms with Crippen LogP contribution in [0.15, 0.2) is 28.4 Å². The first kappa shape index (κ1) is 12.1. The van der Waals surface area contributed by atoms with E-state index in [0.717, 1.165) is 18.8 Å². The molecule has 1 aliphatic heterocycles. The van der Waals surface area contributed by atoms with Gasteiger partial charge in [0, 0.05) is 13.1 Å². The van der Waals surface area contributed by atoms with Crippen molar-refractivity contribution in [2.75, 3.05) is 20.1 Å². The summed E-state index contributed by atoms with van der Waals surface area (Å²) in [4.78, 5) is 6.20. The molecule has 0 aromatic heterocycles. The van der Waals surface area contributed by atoms with Crippen molar-refractivity contribution in [2.24, 2.45) is 4.99 Å². The molecule has 0 radical (unpaired) electrons. The zero-order chi connectivity index (χ0) is 10.3. The highest BCUT2D eigenvalue weighted by molar-refractivity contribution is 5.38. The van der Waals surface area contributed by atoms with Gasteiger partial charge < -0.3 is 0 Å². The van der Waals surface area contributed by atoms with Gasteiger partial charge in [0.25, 0.3) is 0 Å². The van der Waals surface area contributed by atoms with Gasteiger partial charge in [-0.25, -0.2) is 0 Å². The van der Waals surface area contributed by atoms with Crippen LogP contribution in [0, 0.1) is 0 Å². The lowest BCUT2D eigenvalue weighted by Gasteiger charge is -2.04. The Hall–Kier alpha value is -0.890. The van der Waals surface area contributed by atoms with Crippen molar-refractivity contribution >= 4 is 6.72 Å². The fraction of sp³-hybridized carbons (Fsp3) is 0.545. The van der Waals surface area contributed by atoms with Crippen molar-refractivity contribution in [3.63, 3.8) is 0 Å². The lowest BCUT2D eigenvalue weighted by Crippen LogP contribution is -2.14. The molecule has 0 saturated heterocycles. The maximum Gasteiger partial charge on any atom is 0.0581 e. The van der Waals surface area contributed by atoms with E-state index in [0.29, 0.717) is 0 Å². The first-order valence-corrected chi connectivity index (χ1v) is 4.78. The van der Waals surface area contributed by atoms with Crippen molar-refractivity contribution in [1.82, 2.24) is 4.90 Å². The molecule has 0 bridgehead atoms. The monoisotopic (exact) mass is 180 g/mol. The van der Waals surface area contributed by atoms with Gasteiger partial charge in [0.15, 0.2) is 0 Å². The summed E-state index contributed by atoms with van der Waals surface area (Å²) in [7, 11) is 2.08. The van der Waals surface area contributed by atoms with Crippen LogP contribution in [0.2, 0.25) is 0 Å². The lowest BCUT2D eigenvalue weighted by molar-refractivity contribution is 0.425. The number of aliphatic imine (C=N–C) groups is 1.